The fraction of sp³-hybridized carbons (Fsp3) is 0.833. The van der Waals surface area contributed by atoms with Crippen molar-refractivity contribution in [3.8, 4) is 0 Å². The van der Waals surface area contributed by atoms with Crippen LogP contribution in [-0.2, 0) is 13.0 Å². The Morgan fingerprint density at radius 1 is 1.35 bits per heavy atom. The maximum Gasteiger partial charge on any atom is 0.0797 e. The number of rotatable bonds is 6. The van der Waals surface area contributed by atoms with E-state index in [1.165, 1.54) is 16.4 Å². The summed E-state index contributed by atoms with van der Waals surface area (Å²) in [7, 11) is 0. The van der Waals surface area contributed by atoms with Crippen molar-refractivity contribution in [2.24, 2.45) is 0 Å². The van der Waals surface area contributed by atoms with Crippen LogP contribution in [0.4, 0.5) is 0 Å². The van der Waals surface area contributed by atoms with Gasteiger partial charge in [-0.15, -0.1) is 5.10 Å². The summed E-state index contributed by atoms with van der Waals surface area (Å²) in [5.74, 6) is 0. The van der Waals surface area contributed by atoms with Crippen molar-refractivity contribution in [3.05, 3.63) is 10.6 Å². The second-order valence-electron chi connectivity index (χ2n) is 5.41. The quantitative estimate of drug-likeness (QED) is 0.817. The molecule has 0 aliphatic rings. The van der Waals surface area contributed by atoms with Gasteiger partial charge in [0.2, 0.25) is 0 Å². The van der Waals surface area contributed by atoms with E-state index in [9.17, 15) is 0 Å². The normalized spacial score (nSPS) is 13.9. The monoisotopic (exact) mass is 256 g/mol. The van der Waals surface area contributed by atoms with Gasteiger partial charge < -0.3 is 10.6 Å². The lowest BCUT2D eigenvalue weighted by Gasteiger charge is -2.23. The molecule has 0 fully saturated rings. The Morgan fingerprint density at radius 2 is 2.06 bits per heavy atom. The van der Waals surface area contributed by atoms with Gasteiger partial charge in [-0.2, -0.15) is 0 Å². The van der Waals surface area contributed by atoms with Crippen LogP contribution in [0.25, 0.3) is 0 Å². The van der Waals surface area contributed by atoms with Gasteiger partial charge in [-0.25, -0.2) is 0 Å². The largest absolute Gasteiger partial charge is 0.311 e. The first-order chi connectivity index (χ1) is 7.92. The van der Waals surface area contributed by atoms with Crippen molar-refractivity contribution < 1.29 is 0 Å². The summed E-state index contributed by atoms with van der Waals surface area (Å²) in [6.07, 6.45) is 0.960. The molecule has 0 aromatic carbocycles. The van der Waals surface area contributed by atoms with Gasteiger partial charge in [-0.1, -0.05) is 11.4 Å². The van der Waals surface area contributed by atoms with Gasteiger partial charge in [0.1, 0.15) is 0 Å². The summed E-state index contributed by atoms with van der Waals surface area (Å²) in [4.78, 5) is 1.26. The predicted molar refractivity (Wildman–Crippen MR) is 73.3 cm³/mol. The standard InChI is InChI=1S/C12H24N4S/c1-6-10-11(17-16-15-10)8-13-9(2)7-14-12(3,4)5/h9,13-14H,6-8H2,1-5H3. The summed E-state index contributed by atoms with van der Waals surface area (Å²) in [5, 5.41) is 11.1. The van der Waals surface area contributed by atoms with Crippen molar-refractivity contribution in [3.63, 3.8) is 0 Å². The minimum Gasteiger partial charge on any atom is -0.311 e. The molecule has 1 aromatic rings. The van der Waals surface area contributed by atoms with Gasteiger partial charge in [0.05, 0.1) is 10.6 Å². The molecule has 0 bridgehead atoms. The van der Waals surface area contributed by atoms with Gasteiger partial charge in [-0.05, 0) is 45.6 Å². The molecular weight excluding hydrogens is 232 g/mol. The molecule has 0 amide bonds. The molecule has 0 saturated carbocycles. The second-order valence-corrected chi connectivity index (χ2v) is 6.25. The van der Waals surface area contributed by atoms with Crippen LogP contribution < -0.4 is 10.6 Å². The maximum atomic E-state index is 4.11. The summed E-state index contributed by atoms with van der Waals surface area (Å²) < 4.78 is 3.99. The van der Waals surface area contributed by atoms with E-state index in [1.807, 2.05) is 0 Å². The summed E-state index contributed by atoms with van der Waals surface area (Å²) >= 11 is 1.50. The Kier molecular flexibility index (Phi) is 5.49. The van der Waals surface area contributed by atoms with E-state index >= 15 is 0 Å². The SMILES string of the molecule is CCc1nnsc1CNC(C)CNC(C)(C)C. The Bertz CT molecular complexity index is 329. The van der Waals surface area contributed by atoms with Gasteiger partial charge in [0.15, 0.2) is 0 Å². The topological polar surface area (TPSA) is 49.8 Å². The summed E-state index contributed by atoms with van der Waals surface area (Å²) in [6, 6.07) is 0.445. The lowest BCUT2D eigenvalue weighted by molar-refractivity contribution is 0.387. The molecule has 4 nitrogen and oxygen atoms in total. The molecule has 1 heterocycles. The number of aromatic nitrogens is 2. The summed E-state index contributed by atoms with van der Waals surface area (Å²) in [5.41, 5.74) is 1.30. The first-order valence-corrected chi connectivity index (χ1v) is 6.98. The first kappa shape index (κ1) is 14.5. The molecule has 0 aliphatic carbocycles. The Balaban J connectivity index is 2.31. The Labute approximate surface area is 108 Å². The molecule has 1 rings (SSSR count). The highest BCUT2D eigenvalue weighted by Crippen LogP contribution is 2.10. The second kappa shape index (κ2) is 6.42. The number of aryl methyl sites for hydroxylation is 1. The smallest absolute Gasteiger partial charge is 0.0797 e. The van der Waals surface area contributed by atoms with Crippen LogP contribution >= 0.6 is 11.5 Å². The van der Waals surface area contributed by atoms with Crippen LogP contribution in [0, 0.1) is 0 Å². The number of hydrogen-bond donors (Lipinski definition) is 2. The average Bonchev–Trinajstić information content (AvgIpc) is 2.69. The molecular formula is C12H24N4S. The number of nitrogens with zero attached hydrogens (tertiary/aromatic N) is 2. The minimum absolute atomic E-state index is 0.177. The van der Waals surface area contributed by atoms with Crippen molar-refractivity contribution in [1.82, 2.24) is 20.2 Å². The highest BCUT2D eigenvalue weighted by atomic mass is 32.1. The number of nitrogens with one attached hydrogen (secondary N) is 2. The zero-order chi connectivity index (χ0) is 12.9. The van der Waals surface area contributed by atoms with E-state index in [4.69, 9.17) is 0 Å². The third-order valence-corrected chi connectivity index (χ3v) is 3.28. The van der Waals surface area contributed by atoms with Gasteiger partial charge >= 0.3 is 0 Å². The predicted octanol–water partition coefficient (Wildman–Crippen LogP) is 1.97. The van der Waals surface area contributed by atoms with Gasteiger partial charge in [0, 0.05) is 24.7 Å². The molecule has 17 heavy (non-hydrogen) atoms. The minimum atomic E-state index is 0.177. The molecule has 0 spiro atoms. The zero-order valence-electron chi connectivity index (χ0n) is 11.5. The third kappa shape index (κ3) is 5.57. The Hall–Kier alpha value is -0.520. The van der Waals surface area contributed by atoms with E-state index in [2.05, 4.69) is 54.8 Å². The molecule has 98 valence electrons. The van der Waals surface area contributed by atoms with E-state index in [0.717, 1.165) is 25.2 Å². The zero-order valence-corrected chi connectivity index (χ0v) is 12.3. The van der Waals surface area contributed by atoms with Crippen LogP contribution in [0.2, 0.25) is 0 Å². The summed E-state index contributed by atoms with van der Waals surface area (Å²) in [6.45, 7) is 12.7. The fourth-order valence-electron chi connectivity index (χ4n) is 1.43. The maximum absolute atomic E-state index is 4.11. The highest BCUT2D eigenvalue weighted by Gasteiger charge is 2.12. The fourth-order valence-corrected chi connectivity index (χ4v) is 2.10. The van der Waals surface area contributed by atoms with E-state index in [1.54, 1.807) is 0 Å². The average molecular weight is 256 g/mol. The Morgan fingerprint density at radius 3 is 2.65 bits per heavy atom. The van der Waals surface area contributed by atoms with E-state index in [0.29, 0.717) is 6.04 Å². The third-order valence-electron chi connectivity index (χ3n) is 2.52. The van der Waals surface area contributed by atoms with Crippen LogP contribution in [0.5, 0.6) is 0 Å². The lowest BCUT2D eigenvalue weighted by atomic mass is 10.1. The highest BCUT2D eigenvalue weighted by molar-refractivity contribution is 7.05. The molecule has 0 aliphatic heterocycles. The molecule has 0 saturated heterocycles. The molecule has 5 heteroatoms. The van der Waals surface area contributed by atoms with Crippen LogP contribution in [0.15, 0.2) is 0 Å². The molecule has 0 radical (unpaired) electrons. The van der Waals surface area contributed by atoms with Crippen LogP contribution in [-0.4, -0.2) is 27.7 Å². The molecule has 1 atom stereocenters. The lowest BCUT2D eigenvalue weighted by Crippen LogP contribution is -2.44. The van der Waals surface area contributed by atoms with Crippen LogP contribution in [0.3, 0.4) is 0 Å². The first-order valence-electron chi connectivity index (χ1n) is 6.21. The molecule has 1 unspecified atom stereocenters. The van der Waals surface area contributed by atoms with Crippen molar-refractivity contribution >= 4 is 11.5 Å². The van der Waals surface area contributed by atoms with Gasteiger partial charge in [-0.3, -0.25) is 0 Å². The molecule has 2 N–H and O–H groups in total. The molecule has 1 aromatic heterocycles. The van der Waals surface area contributed by atoms with Crippen LogP contribution in [0.1, 0.15) is 45.2 Å². The van der Waals surface area contributed by atoms with Crippen molar-refractivity contribution in [1.29, 1.82) is 0 Å². The number of hydrogen-bond acceptors (Lipinski definition) is 5. The van der Waals surface area contributed by atoms with Crippen molar-refractivity contribution in [2.75, 3.05) is 6.54 Å². The van der Waals surface area contributed by atoms with E-state index in [-0.39, 0.29) is 5.54 Å². The van der Waals surface area contributed by atoms with Gasteiger partial charge in [0.25, 0.3) is 0 Å². The van der Waals surface area contributed by atoms with E-state index < -0.39 is 0 Å². The van der Waals surface area contributed by atoms with Crippen molar-refractivity contribution in [2.45, 2.75) is 59.2 Å².